The van der Waals surface area contributed by atoms with Crippen molar-refractivity contribution in [3.63, 3.8) is 0 Å². The second-order valence-corrected chi connectivity index (χ2v) is 7.89. The quantitative estimate of drug-likeness (QED) is 0.841. The molecular weight excluding hydrogens is 252 g/mol. The van der Waals surface area contributed by atoms with Gasteiger partial charge in [-0.25, -0.2) is 4.98 Å². The number of aromatic nitrogens is 1. The molecule has 1 aliphatic rings. The molecule has 0 fully saturated rings. The van der Waals surface area contributed by atoms with Crippen LogP contribution in [-0.2, 0) is 18.4 Å². The second-order valence-electron chi connectivity index (χ2n) is 6.81. The first-order chi connectivity index (χ1) is 8.90. The van der Waals surface area contributed by atoms with E-state index in [0.29, 0.717) is 6.04 Å². The predicted octanol–water partition coefficient (Wildman–Crippen LogP) is 4.28. The number of thiazole rings is 1. The number of fused-ring (bicyclic) bond motifs is 1. The molecule has 1 atom stereocenters. The van der Waals surface area contributed by atoms with Crippen molar-refractivity contribution < 1.29 is 0 Å². The Morgan fingerprint density at radius 1 is 1.26 bits per heavy atom. The number of aryl methyl sites for hydroxylation is 2. The molecule has 0 saturated heterocycles. The molecule has 0 aliphatic heterocycles. The summed E-state index contributed by atoms with van der Waals surface area (Å²) in [5.41, 5.74) is 1.43. The Morgan fingerprint density at radius 2 is 2.00 bits per heavy atom. The van der Waals surface area contributed by atoms with Gasteiger partial charge in [-0.15, -0.1) is 11.3 Å². The summed E-state index contributed by atoms with van der Waals surface area (Å²) < 4.78 is 0. The van der Waals surface area contributed by atoms with Gasteiger partial charge in [0.2, 0.25) is 0 Å². The fraction of sp³-hybridized carbons (Fsp3) is 0.812. The van der Waals surface area contributed by atoms with Gasteiger partial charge < -0.3 is 5.32 Å². The number of nitrogens with zero attached hydrogens (tertiary/aromatic N) is 1. The Morgan fingerprint density at radius 3 is 2.58 bits per heavy atom. The molecule has 2 nitrogen and oxygen atoms in total. The van der Waals surface area contributed by atoms with Crippen molar-refractivity contribution in [3.8, 4) is 0 Å². The van der Waals surface area contributed by atoms with Gasteiger partial charge in [-0.05, 0) is 58.8 Å². The summed E-state index contributed by atoms with van der Waals surface area (Å²) in [5.74, 6) is 0.750. The summed E-state index contributed by atoms with van der Waals surface area (Å²) in [4.78, 5) is 6.49. The second kappa shape index (κ2) is 5.92. The molecule has 19 heavy (non-hydrogen) atoms. The van der Waals surface area contributed by atoms with Crippen LogP contribution in [-0.4, -0.2) is 11.0 Å². The maximum absolute atomic E-state index is 4.95. The SMILES string of the molecule is CC(C)CCC(C)(NC(C)C)c1nc2c(s1)CCC2. The van der Waals surface area contributed by atoms with E-state index in [1.54, 1.807) is 0 Å². The molecule has 0 aromatic carbocycles. The molecule has 0 bridgehead atoms. The molecule has 1 unspecified atom stereocenters. The van der Waals surface area contributed by atoms with E-state index in [4.69, 9.17) is 4.98 Å². The molecule has 0 radical (unpaired) electrons. The van der Waals surface area contributed by atoms with Crippen LogP contribution in [0.25, 0.3) is 0 Å². The van der Waals surface area contributed by atoms with Gasteiger partial charge in [-0.3, -0.25) is 0 Å². The van der Waals surface area contributed by atoms with E-state index in [1.807, 2.05) is 11.3 Å². The van der Waals surface area contributed by atoms with Gasteiger partial charge in [-0.1, -0.05) is 13.8 Å². The van der Waals surface area contributed by atoms with Crippen molar-refractivity contribution in [2.75, 3.05) is 0 Å². The zero-order valence-electron chi connectivity index (χ0n) is 13.0. The van der Waals surface area contributed by atoms with E-state index < -0.39 is 0 Å². The minimum atomic E-state index is 0.0491. The van der Waals surface area contributed by atoms with Gasteiger partial charge in [0.05, 0.1) is 11.2 Å². The first-order valence-electron chi connectivity index (χ1n) is 7.67. The summed E-state index contributed by atoms with van der Waals surface area (Å²) in [7, 11) is 0. The molecule has 1 heterocycles. The molecule has 1 aromatic heterocycles. The van der Waals surface area contributed by atoms with E-state index >= 15 is 0 Å². The molecule has 2 rings (SSSR count). The van der Waals surface area contributed by atoms with Crippen LogP contribution < -0.4 is 5.32 Å². The van der Waals surface area contributed by atoms with E-state index in [-0.39, 0.29) is 5.54 Å². The zero-order chi connectivity index (χ0) is 14.0. The van der Waals surface area contributed by atoms with E-state index in [0.717, 1.165) is 5.92 Å². The van der Waals surface area contributed by atoms with Crippen molar-refractivity contribution in [1.82, 2.24) is 10.3 Å². The minimum absolute atomic E-state index is 0.0491. The highest BCUT2D eigenvalue weighted by Crippen LogP contribution is 2.36. The third-order valence-electron chi connectivity index (χ3n) is 3.90. The summed E-state index contributed by atoms with van der Waals surface area (Å²) in [6.45, 7) is 11.4. The Labute approximate surface area is 122 Å². The van der Waals surface area contributed by atoms with Gasteiger partial charge in [-0.2, -0.15) is 0 Å². The van der Waals surface area contributed by atoms with Crippen LogP contribution in [0.2, 0.25) is 0 Å². The molecule has 1 N–H and O–H groups in total. The van der Waals surface area contributed by atoms with Crippen LogP contribution >= 0.6 is 11.3 Å². The third-order valence-corrected chi connectivity index (χ3v) is 5.32. The lowest BCUT2D eigenvalue weighted by Gasteiger charge is -2.32. The predicted molar refractivity (Wildman–Crippen MR) is 83.8 cm³/mol. The van der Waals surface area contributed by atoms with E-state index in [2.05, 4.69) is 39.9 Å². The molecule has 1 aromatic rings. The Balaban J connectivity index is 2.19. The highest BCUT2D eigenvalue weighted by atomic mass is 32.1. The summed E-state index contributed by atoms with van der Waals surface area (Å²) in [6.07, 6.45) is 6.16. The maximum atomic E-state index is 4.95. The van der Waals surface area contributed by atoms with Crippen LogP contribution in [0.3, 0.4) is 0 Å². The highest BCUT2D eigenvalue weighted by Gasteiger charge is 2.32. The van der Waals surface area contributed by atoms with Crippen LogP contribution in [0.1, 0.15) is 69.5 Å². The maximum Gasteiger partial charge on any atom is 0.113 e. The molecule has 3 heteroatoms. The first kappa shape index (κ1) is 15.0. The highest BCUT2D eigenvalue weighted by molar-refractivity contribution is 7.12. The monoisotopic (exact) mass is 280 g/mol. The Kier molecular flexibility index (Phi) is 4.67. The first-order valence-corrected chi connectivity index (χ1v) is 8.49. The lowest BCUT2D eigenvalue weighted by atomic mass is 9.91. The summed E-state index contributed by atoms with van der Waals surface area (Å²) >= 11 is 1.95. The average Bonchev–Trinajstić information content (AvgIpc) is 2.85. The van der Waals surface area contributed by atoms with Crippen LogP contribution in [0.5, 0.6) is 0 Å². The van der Waals surface area contributed by atoms with Crippen molar-refractivity contribution in [2.24, 2.45) is 5.92 Å². The lowest BCUT2D eigenvalue weighted by Crippen LogP contribution is -2.43. The molecule has 108 valence electrons. The van der Waals surface area contributed by atoms with Crippen molar-refractivity contribution in [3.05, 3.63) is 15.6 Å². The molecule has 1 aliphatic carbocycles. The molecule has 0 spiro atoms. The number of nitrogens with one attached hydrogen (secondary N) is 1. The van der Waals surface area contributed by atoms with E-state index in [1.165, 1.54) is 47.7 Å². The van der Waals surface area contributed by atoms with Gasteiger partial charge >= 0.3 is 0 Å². The van der Waals surface area contributed by atoms with Crippen molar-refractivity contribution >= 4 is 11.3 Å². The normalized spacial score (nSPS) is 18.1. The fourth-order valence-corrected chi connectivity index (χ4v) is 4.17. The lowest BCUT2D eigenvalue weighted by molar-refractivity contribution is 0.288. The Hall–Kier alpha value is -0.410. The Bertz CT molecular complexity index is 401. The third kappa shape index (κ3) is 3.57. The largest absolute Gasteiger partial charge is 0.303 e. The number of hydrogen-bond acceptors (Lipinski definition) is 3. The van der Waals surface area contributed by atoms with Crippen molar-refractivity contribution in [2.45, 2.75) is 78.3 Å². The van der Waals surface area contributed by atoms with Gasteiger partial charge in [0.1, 0.15) is 5.01 Å². The van der Waals surface area contributed by atoms with Crippen LogP contribution in [0.4, 0.5) is 0 Å². The van der Waals surface area contributed by atoms with Crippen molar-refractivity contribution in [1.29, 1.82) is 0 Å². The van der Waals surface area contributed by atoms with Crippen LogP contribution in [0, 0.1) is 5.92 Å². The molecular formula is C16H28N2S. The standard InChI is InChI=1S/C16H28N2S/c1-11(2)9-10-16(5,18-12(3)4)15-17-13-7-6-8-14(13)19-15/h11-12,18H,6-10H2,1-5H3. The molecule has 0 saturated carbocycles. The fourth-order valence-electron chi connectivity index (χ4n) is 2.88. The number of hydrogen-bond donors (Lipinski definition) is 1. The zero-order valence-corrected chi connectivity index (χ0v) is 13.9. The summed E-state index contributed by atoms with van der Waals surface area (Å²) in [6, 6.07) is 0.496. The average molecular weight is 280 g/mol. The molecule has 0 amide bonds. The van der Waals surface area contributed by atoms with E-state index in [9.17, 15) is 0 Å². The minimum Gasteiger partial charge on any atom is -0.303 e. The topological polar surface area (TPSA) is 24.9 Å². The van der Waals surface area contributed by atoms with Gasteiger partial charge in [0.25, 0.3) is 0 Å². The number of rotatable bonds is 6. The smallest absolute Gasteiger partial charge is 0.113 e. The van der Waals surface area contributed by atoms with Crippen LogP contribution in [0.15, 0.2) is 0 Å². The van der Waals surface area contributed by atoms with Gasteiger partial charge in [0.15, 0.2) is 0 Å². The summed E-state index contributed by atoms with van der Waals surface area (Å²) in [5, 5.41) is 5.08. The van der Waals surface area contributed by atoms with Gasteiger partial charge in [0, 0.05) is 10.9 Å².